The minimum atomic E-state index is -5.84. The number of benzene rings is 5. The largest absolute Gasteiger partial charge is 0.522 e. The third-order valence-corrected chi connectivity index (χ3v) is 9.05. The highest BCUT2D eigenvalue weighted by Gasteiger charge is 2.44. The maximum Gasteiger partial charge on any atom is 0.522 e. The molecular weight excluding hydrogens is 602 g/mol. The number of halogens is 3. The summed E-state index contributed by atoms with van der Waals surface area (Å²) in [4.78, 5) is 1.30. The lowest BCUT2D eigenvalue weighted by atomic mass is 9.84. The molecule has 0 unspecified atom stereocenters. The topological polar surface area (TPSA) is 54.4 Å². The van der Waals surface area contributed by atoms with Gasteiger partial charge in [0, 0.05) is 10.4 Å². The van der Waals surface area contributed by atoms with Gasteiger partial charge in [0.25, 0.3) is 0 Å². The van der Waals surface area contributed by atoms with Crippen LogP contribution in [0, 0.1) is 0 Å². The maximum atomic E-state index is 10.7. The molecule has 5 aromatic carbocycles. The van der Waals surface area contributed by atoms with E-state index < -0.39 is 15.6 Å². The van der Waals surface area contributed by atoms with Crippen LogP contribution in [0.1, 0.15) is 11.1 Å². The molecule has 1 N–H and O–H groups in total. The number of thiophene rings is 1. The number of rotatable bonds is 4. The van der Waals surface area contributed by atoms with Crippen LogP contribution >= 0.6 is 11.3 Å². The van der Waals surface area contributed by atoms with E-state index in [0.717, 1.165) is 6.42 Å². The summed E-state index contributed by atoms with van der Waals surface area (Å²) >= 11 is 1.84. The highest BCUT2D eigenvalue weighted by Crippen LogP contribution is 2.51. The normalized spacial score (nSPS) is 12.2. The summed E-state index contributed by atoms with van der Waals surface area (Å²) in [5.74, 6) is 0. The molecule has 1 aliphatic carbocycles. The monoisotopic (exact) mass is 626 g/mol. The van der Waals surface area contributed by atoms with Gasteiger partial charge in [0.15, 0.2) is 0 Å². The molecule has 1 aliphatic rings. The summed E-state index contributed by atoms with van der Waals surface area (Å²) in [5.41, 5.74) is 9.13. The number of fused-ring (bicyclic) bond motifs is 3. The fourth-order valence-electron chi connectivity index (χ4n) is 5.56. The van der Waals surface area contributed by atoms with Gasteiger partial charge in [-0.15, -0.1) is 11.3 Å². The van der Waals surface area contributed by atoms with E-state index in [1.165, 1.54) is 66.1 Å². The Hall–Kier alpha value is -4.50. The maximum absolute atomic E-state index is 10.7. The first kappa shape index (κ1) is 29.6. The third-order valence-electron chi connectivity index (χ3n) is 7.50. The molecule has 8 heteroatoms. The zero-order valence-electron chi connectivity index (χ0n) is 23.1. The van der Waals surface area contributed by atoms with Crippen LogP contribution in [0.5, 0.6) is 0 Å². The minimum absolute atomic E-state index is 0.968. The van der Waals surface area contributed by atoms with Crippen molar-refractivity contribution in [3.05, 3.63) is 144 Å². The Labute approximate surface area is 257 Å². The van der Waals surface area contributed by atoms with Gasteiger partial charge in [-0.1, -0.05) is 115 Å². The molecule has 0 radical (unpaired) electrons. The van der Waals surface area contributed by atoms with Gasteiger partial charge < -0.3 is 0 Å². The Morgan fingerprint density at radius 2 is 1.09 bits per heavy atom. The Bertz CT molecular complexity index is 2040. The van der Waals surface area contributed by atoms with E-state index >= 15 is 0 Å². The Kier molecular flexibility index (Phi) is 7.98. The van der Waals surface area contributed by atoms with Gasteiger partial charge in [-0.05, 0) is 79.6 Å². The van der Waals surface area contributed by atoms with Gasteiger partial charge >= 0.3 is 15.6 Å². The molecule has 1 heterocycles. The first-order valence-corrected chi connectivity index (χ1v) is 16.0. The number of hydrogen-bond acceptors (Lipinski definition) is 3. The van der Waals surface area contributed by atoms with Crippen LogP contribution in [0.25, 0.3) is 54.9 Å². The molecule has 0 fully saturated rings. The molecule has 0 bridgehead atoms. The zero-order chi connectivity index (χ0) is 30.9. The minimum Gasteiger partial charge on any atom is -0.279 e. The fourth-order valence-corrected chi connectivity index (χ4v) is 6.50. The van der Waals surface area contributed by atoms with Crippen molar-refractivity contribution in [3.63, 3.8) is 0 Å². The summed E-state index contributed by atoms with van der Waals surface area (Å²) in [6.07, 6.45) is 0.968. The van der Waals surface area contributed by atoms with E-state index in [1.807, 2.05) is 11.3 Å². The van der Waals surface area contributed by atoms with E-state index in [-0.39, 0.29) is 0 Å². The molecule has 44 heavy (non-hydrogen) atoms. The fraction of sp³-hybridized carbons (Fsp3) is 0.0556. The molecule has 220 valence electrons. The lowest BCUT2D eigenvalue weighted by Crippen LogP contribution is -2.21. The molecular formula is C36H25F3O3S2. The molecule has 0 saturated heterocycles. The second-order valence-corrected chi connectivity index (χ2v) is 12.6. The quantitative estimate of drug-likeness (QED) is 0.156. The van der Waals surface area contributed by atoms with Gasteiger partial charge in [-0.25, -0.2) is 0 Å². The summed E-state index contributed by atoms with van der Waals surface area (Å²) < 4.78 is 57.5. The van der Waals surface area contributed by atoms with Crippen LogP contribution in [0.15, 0.2) is 133 Å². The van der Waals surface area contributed by atoms with Crippen molar-refractivity contribution < 1.29 is 26.1 Å². The van der Waals surface area contributed by atoms with Gasteiger partial charge in [0.2, 0.25) is 0 Å². The van der Waals surface area contributed by atoms with Crippen molar-refractivity contribution in [2.45, 2.75) is 11.9 Å². The standard InChI is InChI=1S/C35H24S.CHF3O3S/c1-4-12-24(13-5-1)28-21-33(36-23-28)32-22-30-29-19-11-10-18-27(29)20-31(30)34(25-14-6-2-7-15-25)35(32)26-16-8-3-9-17-26;2-1(3,4)8(5,6)7/h1-19,21-23H,20H2;(H,5,6,7). The zero-order valence-corrected chi connectivity index (χ0v) is 24.8. The van der Waals surface area contributed by atoms with Crippen molar-refractivity contribution in [2.24, 2.45) is 0 Å². The van der Waals surface area contributed by atoms with Crippen molar-refractivity contribution in [2.75, 3.05) is 0 Å². The van der Waals surface area contributed by atoms with Crippen molar-refractivity contribution in [1.82, 2.24) is 0 Å². The van der Waals surface area contributed by atoms with Crippen LogP contribution in [-0.2, 0) is 16.5 Å². The molecule has 1 aromatic heterocycles. The van der Waals surface area contributed by atoms with Crippen LogP contribution < -0.4 is 0 Å². The first-order valence-electron chi connectivity index (χ1n) is 13.7. The molecule has 0 amide bonds. The highest BCUT2D eigenvalue weighted by molar-refractivity contribution is 7.86. The van der Waals surface area contributed by atoms with Crippen molar-refractivity contribution >= 4 is 21.5 Å². The Morgan fingerprint density at radius 1 is 0.591 bits per heavy atom. The molecule has 0 spiro atoms. The molecule has 6 aromatic rings. The highest BCUT2D eigenvalue weighted by atomic mass is 32.2. The van der Waals surface area contributed by atoms with E-state index in [1.54, 1.807) is 0 Å². The lowest BCUT2D eigenvalue weighted by Gasteiger charge is -2.20. The van der Waals surface area contributed by atoms with Crippen molar-refractivity contribution in [1.29, 1.82) is 0 Å². The summed E-state index contributed by atoms with van der Waals surface area (Å²) in [6.45, 7) is 0. The third kappa shape index (κ3) is 5.84. The number of alkyl halides is 3. The predicted octanol–water partition coefficient (Wildman–Crippen LogP) is 10.4. The van der Waals surface area contributed by atoms with Gasteiger partial charge in [-0.3, -0.25) is 4.55 Å². The predicted molar refractivity (Wildman–Crippen MR) is 172 cm³/mol. The van der Waals surface area contributed by atoms with E-state index in [2.05, 4.69) is 133 Å². The number of hydrogen-bond donors (Lipinski definition) is 1. The second-order valence-electron chi connectivity index (χ2n) is 10.3. The van der Waals surface area contributed by atoms with Crippen LogP contribution in [0.3, 0.4) is 0 Å². The molecule has 0 aliphatic heterocycles. The van der Waals surface area contributed by atoms with Gasteiger partial charge in [0.05, 0.1) is 0 Å². The molecule has 0 atom stereocenters. The molecule has 3 nitrogen and oxygen atoms in total. The Balaban J connectivity index is 0.000000381. The van der Waals surface area contributed by atoms with E-state index in [4.69, 9.17) is 13.0 Å². The summed E-state index contributed by atoms with van der Waals surface area (Å²) in [7, 11) is -5.84. The summed E-state index contributed by atoms with van der Waals surface area (Å²) in [6, 6.07) is 46.3. The SMILES string of the molecule is O=S(=O)(O)C(F)(F)F.c1ccc(-c2csc(-c3cc4c(c(-c5ccccc5)c3-c3ccccc3)Cc3ccccc3-4)c2)cc1. The Morgan fingerprint density at radius 3 is 1.66 bits per heavy atom. The van der Waals surface area contributed by atoms with Gasteiger partial charge in [-0.2, -0.15) is 21.6 Å². The second kappa shape index (κ2) is 11.9. The van der Waals surface area contributed by atoms with E-state index in [9.17, 15) is 13.2 Å². The van der Waals surface area contributed by atoms with Crippen LogP contribution in [0.4, 0.5) is 13.2 Å². The first-order chi connectivity index (χ1) is 21.1. The van der Waals surface area contributed by atoms with Crippen LogP contribution in [0.2, 0.25) is 0 Å². The average Bonchev–Trinajstić information content (AvgIpc) is 3.66. The van der Waals surface area contributed by atoms with Gasteiger partial charge in [0.1, 0.15) is 0 Å². The summed E-state index contributed by atoms with van der Waals surface area (Å²) in [5, 5.41) is 2.29. The van der Waals surface area contributed by atoms with Crippen molar-refractivity contribution in [3.8, 4) is 54.9 Å². The molecule has 0 saturated carbocycles. The lowest BCUT2D eigenvalue weighted by molar-refractivity contribution is -0.0510. The van der Waals surface area contributed by atoms with Crippen LogP contribution in [-0.4, -0.2) is 18.5 Å². The average molecular weight is 627 g/mol. The smallest absolute Gasteiger partial charge is 0.279 e. The van der Waals surface area contributed by atoms with E-state index in [0.29, 0.717) is 0 Å². The molecule has 7 rings (SSSR count).